The van der Waals surface area contributed by atoms with Crippen molar-refractivity contribution in [1.29, 1.82) is 0 Å². The Kier molecular flexibility index (Phi) is 5.20. The predicted octanol–water partition coefficient (Wildman–Crippen LogP) is 3.33. The van der Waals surface area contributed by atoms with Crippen molar-refractivity contribution in [1.82, 2.24) is 5.32 Å². The smallest absolute Gasteiger partial charge is 0.340 e. The Hall–Kier alpha value is -1.66. The van der Waals surface area contributed by atoms with E-state index in [0.29, 0.717) is 5.56 Å². The Morgan fingerprint density at radius 3 is 2.29 bits per heavy atom. The molecule has 0 bridgehead atoms. The number of amides is 1. The van der Waals surface area contributed by atoms with Crippen LogP contribution in [0.3, 0.4) is 0 Å². The second kappa shape index (κ2) is 6.68. The van der Waals surface area contributed by atoms with Crippen molar-refractivity contribution in [2.45, 2.75) is 58.2 Å². The minimum atomic E-state index is -2.00. The van der Waals surface area contributed by atoms with Gasteiger partial charge < -0.3 is 14.5 Å². The Bertz CT molecular complexity index is 609. The standard InChI is InChI=1S/C18H27NO4Si/c1-12(23-24(5,6)18(2,3)4)14-15(20)19-16(14)22-17(21)13-10-8-7-9-11-13/h7-12,14,16H,1-6H3,(H,19,20). The molecule has 1 amide bonds. The van der Waals surface area contributed by atoms with Crippen molar-refractivity contribution >= 4 is 20.2 Å². The lowest BCUT2D eigenvalue weighted by Gasteiger charge is -2.44. The van der Waals surface area contributed by atoms with Crippen LogP contribution in [0.5, 0.6) is 0 Å². The fraction of sp³-hybridized carbons (Fsp3) is 0.556. The molecule has 0 saturated carbocycles. The zero-order valence-corrected chi connectivity index (χ0v) is 16.3. The summed E-state index contributed by atoms with van der Waals surface area (Å²) in [5, 5.41) is 2.71. The maximum Gasteiger partial charge on any atom is 0.340 e. The second-order valence-corrected chi connectivity index (χ2v) is 12.6. The summed E-state index contributed by atoms with van der Waals surface area (Å²) in [6.07, 6.45) is -0.932. The highest BCUT2D eigenvalue weighted by Gasteiger charge is 2.49. The number of carbonyl (C=O) groups excluding carboxylic acids is 2. The van der Waals surface area contributed by atoms with Gasteiger partial charge in [0.25, 0.3) is 0 Å². The van der Waals surface area contributed by atoms with Crippen molar-refractivity contribution in [2.75, 3.05) is 0 Å². The summed E-state index contributed by atoms with van der Waals surface area (Å²) in [5.74, 6) is -1.04. The first-order valence-electron chi connectivity index (χ1n) is 8.27. The second-order valence-electron chi connectivity index (χ2n) is 7.81. The number of β-lactam (4-membered cyclic amide) rings is 1. The van der Waals surface area contributed by atoms with Crippen LogP contribution in [0.25, 0.3) is 0 Å². The van der Waals surface area contributed by atoms with E-state index in [9.17, 15) is 9.59 Å². The molecule has 1 aromatic rings. The third-order valence-electron chi connectivity index (χ3n) is 4.95. The topological polar surface area (TPSA) is 64.6 Å². The van der Waals surface area contributed by atoms with E-state index in [1.165, 1.54) is 0 Å². The van der Waals surface area contributed by atoms with E-state index in [1.807, 2.05) is 13.0 Å². The van der Waals surface area contributed by atoms with Crippen LogP contribution >= 0.6 is 0 Å². The summed E-state index contributed by atoms with van der Waals surface area (Å²) in [7, 11) is -2.00. The van der Waals surface area contributed by atoms with E-state index < -0.39 is 26.4 Å². The van der Waals surface area contributed by atoms with Gasteiger partial charge in [-0.15, -0.1) is 0 Å². The number of hydrogen-bond donors (Lipinski definition) is 1. The molecular formula is C18H27NO4Si. The van der Waals surface area contributed by atoms with Crippen LogP contribution in [0.4, 0.5) is 0 Å². The number of ether oxygens (including phenoxy) is 1. The first kappa shape index (κ1) is 18.7. The lowest BCUT2D eigenvalue weighted by atomic mass is 9.93. The van der Waals surface area contributed by atoms with Gasteiger partial charge in [0.15, 0.2) is 14.5 Å². The van der Waals surface area contributed by atoms with Gasteiger partial charge in [-0.3, -0.25) is 4.79 Å². The first-order chi connectivity index (χ1) is 11.0. The summed E-state index contributed by atoms with van der Waals surface area (Å²) in [5.41, 5.74) is 0.468. The summed E-state index contributed by atoms with van der Waals surface area (Å²) in [6.45, 7) is 12.6. The Morgan fingerprint density at radius 1 is 1.21 bits per heavy atom. The van der Waals surface area contributed by atoms with Crippen LogP contribution in [0, 0.1) is 5.92 Å². The molecule has 2 rings (SSSR count). The number of benzene rings is 1. The molecule has 1 N–H and O–H groups in total. The maximum absolute atomic E-state index is 12.2. The van der Waals surface area contributed by atoms with Gasteiger partial charge in [-0.05, 0) is 37.2 Å². The number of esters is 1. The molecule has 1 aliphatic rings. The molecule has 1 heterocycles. The highest BCUT2D eigenvalue weighted by atomic mass is 28.4. The average Bonchev–Trinajstić information content (AvgIpc) is 2.45. The van der Waals surface area contributed by atoms with Gasteiger partial charge in [0.05, 0.1) is 11.7 Å². The molecule has 5 nitrogen and oxygen atoms in total. The molecule has 6 heteroatoms. The molecule has 0 radical (unpaired) electrons. The number of nitrogens with one attached hydrogen (secondary N) is 1. The molecule has 0 aromatic heterocycles. The van der Waals surface area contributed by atoms with E-state index in [2.05, 4.69) is 39.2 Å². The summed E-state index contributed by atoms with van der Waals surface area (Å²) < 4.78 is 11.7. The zero-order valence-electron chi connectivity index (χ0n) is 15.3. The average molecular weight is 350 g/mol. The molecule has 0 aliphatic carbocycles. The maximum atomic E-state index is 12.2. The molecule has 3 atom stereocenters. The van der Waals surface area contributed by atoms with Crippen LogP contribution in [-0.2, 0) is 14.0 Å². The lowest BCUT2D eigenvalue weighted by molar-refractivity contribution is -0.154. The minimum Gasteiger partial charge on any atom is -0.437 e. The van der Waals surface area contributed by atoms with Gasteiger partial charge >= 0.3 is 5.97 Å². The van der Waals surface area contributed by atoms with Gasteiger partial charge in [-0.25, -0.2) is 4.79 Å². The molecule has 1 fully saturated rings. The van der Waals surface area contributed by atoms with Crippen molar-refractivity contribution in [3.8, 4) is 0 Å². The Balaban J connectivity index is 2.02. The molecule has 1 saturated heterocycles. The fourth-order valence-corrected chi connectivity index (χ4v) is 3.83. The quantitative estimate of drug-likeness (QED) is 0.503. The van der Waals surface area contributed by atoms with Gasteiger partial charge in [-0.1, -0.05) is 39.0 Å². The monoisotopic (exact) mass is 349 g/mol. The highest BCUT2D eigenvalue weighted by molar-refractivity contribution is 6.74. The van der Waals surface area contributed by atoms with Crippen LogP contribution in [0.1, 0.15) is 38.1 Å². The third kappa shape index (κ3) is 3.87. The Morgan fingerprint density at radius 2 is 1.79 bits per heavy atom. The van der Waals surface area contributed by atoms with Crippen LogP contribution in [-0.4, -0.2) is 32.5 Å². The normalized spacial score (nSPS) is 22.3. The van der Waals surface area contributed by atoms with Gasteiger partial charge in [0, 0.05) is 0 Å². The SMILES string of the molecule is CC(O[Si](C)(C)C(C)(C)C)C1C(=O)NC1OC(=O)c1ccccc1. The molecule has 1 aromatic carbocycles. The number of rotatable bonds is 5. The van der Waals surface area contributed by atoms with Crippen LogP contribution < -0.4 is 5.32 Å². The van der Waals surface area contributed by atoms with Crippen LogP contribution in [0.15, 0.2) is 30.3 Å². The molecular weight excluding hydrogens is 322 g/mol. The minimum absolute atomic E-state index is 0.0533. The van der Waals surface area contributed by atoms with Gasteiger partial charge in [-0.2, -0.15) is 0 Å². The lowest BCUT2D eigenvalue weighted by Crippen LogP contribution is -2.65. The van der Waals surface area contributed by atoms with Crippen molar-refractivity contribution < 1.29 is 18.8 Å². The highest BCUT2D eigenvalue weighted by Crippen LogP contribution is 2.39. The van der Waals surface area contributed by atoms with E-state index in [4.69, 9.17) is 9.16 Å². The van der Waals surface area contributed by atoms with E-state index >= 15 is 0 Å². The molecule has 3 unspecified atom stereocenters. The third-order valence-corrected chi connectivity index (χ3v) is 9.52. The number of hydrogen-bond acceptors (Lipinski definition) is 4. The predicted molar refractivity (Wildman–Crippen MR) is 95.0 cm³/mol. The largest absolute Gasteiger partial charge is 0.437 e. The van der Waals surface area contributed by atoms with Crippen LogP contribution in [0.2, 0.25) is 18.1 Å². The van der Waals surface area contributed by atoms with E-state index in [-0.39, 0.29) is 17.0 Å². The molecule has 132 valence electrons. The molecule has 24 heavy (non-hydrogen) atoms. The van der Waals surface area contributed by atoms with Gasteiger partial charge in [0.2, 0.25) is 5.91 Å². The van der Waals surface area contributed by atoms with E-state index in [1.54, 1.807) is 24.3 Å². The van der Waals surface area contributed by atoms with Gasteiger partial charge in [0.1, 0.15) is 5.92 Å². The molecule has 0 spiro atoms. The number of carbonyl (C=O) groups is 2. The fourth-order valence-electron chi connectivity index (χ4n) is 2.40. The summed E-state index contributed by atoms with van der Waals surface area (Å²) in [6, 6.07) is 8.76. The first-order valence-corrected chi connectivity index (χ1v) is 11.2. The van der Waals surface area contributed by atoms with E-state index in [0.717, 1.165) is 0 Å². The summed E-state index contributed by atoms with van der Waals surface area (Å²) in [4.78, 5) is 24.1. The van der Waals surface area contributed by atoms with Crippen molar-refractivity contribution in [2.24, 2.45) is 5.92 Å². The zero-order chi connectivity index (χ0) is 18.1. The molecule has 1 aliphatic heterocycles. The van der Waals surface area contributed by atoms with Crippen molar-refractivity contribution in [3.63, 3.8) is 0 Å². The Labute approximate surface area is 144 Å². The summed E-state index contributed by atoms with van der Waals surface area (Å²) >= 11 is 0. The van der Waals surface area contributed by atoms with Crippen molar-refractivity contribution in [3.05, 3.63) is 35.9 Å².